The molecule has 0 bridgehead atoms. The van der Waals surface area contributed by atoms with E-state index in [2.05, 4.69) is 0 Å². The second-order valence-electron chi connectivity index (χ2n) is 7.79. The number of amides is 1. The monoisotopic (exact) mass is 460 g/mol. The average Bonchev–Trinajstić information content (AvgIpc) is 3.38. The molecule has 31 heavy (non-hydrogen) atoms. The molecule has 1 aromatic carbocycles. The summed E-state index contributed by atoms with van der Waals surface area (Å²) in [5.41, 5.74) is 1.34. The molecule has 166 valence electrons. The minimum absolute atomic E-state index is 0.0867. The van der Waals surface area contributed by atoms with Crippen LogP contribution >= 0.6 is 11.3 Å². The Morgan fingerprint density at radius 3 is 2.68 bits per heavy atom. The lowest BCUT2D eigenvalue weighted by Gasteiger charge is -2.34. The van der Waals surface area contributed by atoms with Crippen molar-refractivity contribution in [3.05, 3.63) is 47.2 Å². The lowest BCUT2D eigenvalue weighted by Crippen LogP contribution is -2.39. The Morgan fingerprint density at radius 1 is 1.23 bits per heavy atom. The highest BCUT2D eigenvalue weighted by Crippen LogP contribution is 2.36. The topological polar surface area (TPSA) is 75.5 Å². The molecule has 4 rings (SSSR count). The third-order valence-corrected chi connectivity index (χ3v) is 9.05. The number of nitrogens with zero attached hydrogens (tertiary/aromatic N) is 4. The van der Waals surface area contributed by atoms with Gasteiger partial charge in [0.2, 0.25) is 10.0 Å². The molecule has 2 aromatic heterocycles. The van der Waals surface area contributed by atoms with Gasteiger partial charge in [-0.3, -0.25) is 4.79 Å². The van der Waals surface area contributed by atoms with Gasteiger partial charge in [-0.25, -0.2) is 13.4 Å². The first-order valence-corrected chi connectivity index (χ1v) is 13.0. The van der Waals surface area contributed by atoms with Gasteiger partial charge in [0.15, 0.2) is 0 Å². The molecule has 3 heterocycles. The van der Waals surface area contributed by atoms with Crippen LogP contribution < -0.4 is 0 Å². The van der Waals surface area contributed by atoms with Gasteiger partial charge >= 0.3 is 0 Å². The summed E-state index contributed by atoms with van der Waals surface area (Å²) in [7, 11) is -1.89. The second-order valence-corrected chi connectivity index (χ2v) is 10.8. The minimum Gasteiger partial charge on any atom is -0.345 e. The van der Waals surface area contributed by atoms with Crippen LogP contribution in [-0.2, 0) is 17.1 Å². The highest BCUT2D eigenvalue weighted by Gasteiger charge is 2.33. The van der Waals surface area contributed by atoms with E-state index < -0.39 is 10.0 Å². The Hall–Kier alpha value is -2.23. The fourth-order valence-corrected chi connectivity index (χ4v) is 6.86. The first-order chi connectivity index (χ1) is 14.9. The lowest BCUT2D eigenvalue weighted by atomic mass is 10.0. The molecule has 0 saturated carbocycles. The summed E-state index contributed by atoms with van der Waals surface area (Å²) in [5, 5.41) is 0.944. The van der Waals surface area contributed by atoms with Gasteiger partial charge < -0.3 is 9.47 Å². The summed E-state index contributed by atoms with van der Waals surface area (Å²) in [6, 6.07) is 9.43. The summed E-state index contributed by atoms with van der Waals surface area (Å²) in [5.74, 6) is -0.146. The number of para-hydroxylation sites is 1. The van der Waals surface area contributed by atoms with Gasteiger partial charge in [0.05, 0.1) is 16.3 Å². The Kier molecular flexibility index (Phi) is 6.18. The predicted octanol–water partition coefficient (Wildman–Crippen LogP) is 4.03. The van der Waals surface area contributed by atoms with Gasteiger partial charge in [0.1, 0.15) is 15.6 Å². The van der Waals surface area contributed by atoms with E-state index in [4.69, 9.17) is 4.98 Å². The van der Waals surface area contributed by atoms with Crippen molar-refractivity contribution in [3.8, 4) is 0 Å². The third kappa shape index (κ3) is 4.02. The molecule has 0 spiro atoms. The molecule has 1 aliphatic heterocycles. The first kappa shape index (κ1) is 22.0. The number of benzene rings is 1. The van der Waals surface area contributed by atoms with Crippen molar-refractivity contribution in [2.45, 2.75) is 44.0 Å². The summed E-state index contributed by atoms with van der Waals surface area (Å²) < 4.78 is 30.0. The Balaban J connectivity index is 1.67. The highest BCUT2D eigenvalue weighted by atomic mass is 32.2. The van der Waals surface area contributed by atoms with E-state index in [1.54, 1.807) is 23.0 Å². The van der Waals surface area contributed by atoms with Crippen LogP contribution in [0.3, 0.4) is 0 Å². The van der Waals surface area contributed by atoms with E-state index in [-0.39, 0.29) is 16.8 Å². The zero-order chi connectivity index (χ0) is 22.2. The van der Waals surface area contributed by atoms with Crippen molar-refractivity contribution in [2.75, 3.05) is 19.6 Å². The molecule has 1 atom stereocenters. The molecule has 1 unspecified atom stereocenters. The molecule has 1 aliphatic rings. The van der Waals surface area contributed by atoms with Gasteiger partial charge in [0, 0.05) is 32.9 Å². The van der Waals surface area contributed by atoms with Crippen LogP contribution in [0.2, 0.25) is 0 Å². The molecule has 1 saturated heterocycles. The predicted molar refractivity (Wildman–Crippen MR) is 123 cm³/mol. The van der Waals surface area contributed by atoms with Crippen LogP contribution in [0.15, 0.2) is 41.4 Å². The van der Waals surface area contributed by atoms with Crippen LogP contribution in [-0.4, -0.2) is 52.7 Å². The number of carbonyl (C=O) groups excluding carboxylic acids is 1. The number of likely N-dealkylation sites (tertiary alicyclic amines) is 1. The number of hydrogen-bond donors (Lipinski definition) is 0. The molecule has 0 aliphatic carbocycles. The molecule has 1 fully saturated rings. The van der Waals surface area contributed by atoms with E-state index in [1.165, 1.54) is 16.6 Å². The zero-order valence-corrected chi connectivity index (χ0v) is 19.7. The van der Waals surface area contributed by atoms with Gasteiger partial charge in [0.25, 0.3) is 5.91 Å². The van der Waals surface area contributed by atoms with Gasteiger partial charge in [-0.1, -0.05) is 26.0 Å². The van der Waals surface area contributed by atoms with E-state index in [0.717, 1.165) is 34.5 Å². The van der Waals surface area contributed by atoms with Crippen LogP contribution in [0, 0.1) is 0 Å². The van der Waals surface area contributed by atoms with Gasteiger partial charge in [-0.2, -0.15) is 4.31 Å². The van der Waals surface area contributed by atoms with Gasteiger partial charge in [-0.05, 0) is 37.5 Å². The van der Waals surface area contributed by atoms with E-state index >= 15 is 0 Å². The molecule has 9 heteroatoms. The summed E-state index contributed by atoms with van der Waals surface area (Å²) in [6.45, 7) is 5.05. The quantitative estimate of drug-likeness (QED) is 0.557. The number of thiazole rings is 1. The first-order valence-electron chi connectivity index (χ1n) is 10.7. The number of hydrogen-bond acceptors (Lipinski definition) is 5. The Bertz CT molecular complexity index is 1160. The van der Waals surface area contributed by atoms with E-state index in [0.29, 0.717) is 25.3 Å². The SMILES string of the molecule is CCN(CC)S(=O)(=O)c1cc(C(=O)N2CCCCC2c2nc3ccccc3s2)n(C)c1. The van der Waals surface area contributed by atoms with Crippen molar-refractivity contribution in [1.82, 2.24) is 18.8 Å². The van der Waals surface area contributed by atoms with Crippen molar-refractivity contribution >= 4 is 37.5 Å². The molecule has 7 nitrogen and oxygen atoms in total. The fraction of sp³-hybridized carbons (Fsp3) is 0.455. The van der Waals surface area contributed by atoms with Crippen molar-refractivity contribution in [3.63, 3.8) is 0 Å². The van der Waals surface area contributed by atoms with E-state index in [9.17, 15) is 13.2 Å². The largest absolute Gasteiger partial charge is 0.345 e. The normalized spacial score (nSPS) is 17.5. The standard InChI is InChI=1S/C22H28N4O3S2/c1-4-25(5-2)31(28,29)16-14-19(24(3)15-16)22(27)26-13-9-8-11-18(26)21-23-17-10-6-7-12-20(17)30-21/h6-7,10,12,14-15,18H,4-5,8-9,11,13H2,1-3H3. The second kappa shape index (κ2) is 8.72. The van der Waals surface area contributed by atoms with Gasteiger partial charge in [-0.15, -0.1) is 11.3 Å². The molecule has 0 radical (unpaired) electrons. The summed E-state index contributed by atoms with van der Waals surface area (Å²) >= 11 is 1.63. The molecular weight excluding hydrogens is 432 g/mol. The number of fused-ring (bicyclic) bond motifs is 1. The molecular formula is C22H28N4O3S2. The smallest absolute Gasteiger partial charge is 0.271 e. The van der Waals surface area contributed by atoms with Crippen LogP contribution in [0.25, 0.3) is 10.2 Å². The van der Waals surface area contributed by atoms with E-state index in [1.807, 2.05) is 43.0 Å². The Morgan fingerprint density at radius 2 is 1.97 bits per heavy atom. The van der Waals surface area contributed by atoms with Crippen LogP contribution in [0.1, 0.15) is 54.6 Å². The fourth-order valence-electron chi connectivity index (χ4n) is 4.21. The summed E-state index contributed by atoms with van der Waals surface area (Å²) in [6.07, 6.45) is 4.37. The number of aryl methyl sites for hydroxylation is 1. The average molecular weight is 461 g/mol. The lowest BCUT2D eigenvalue weighted by molar-refractivity contribution is 0.0601. The molecule has 0 N–H and O–H groups in total. The number of aromatic nitrogens is 2. The minimum atomic E-state index is -3.62. The summed E-state index contributed by atoms with van der Waals surface area (Å²) in [4.78, 5) is 20.4. The maximum absolute atomic E-state index is 13.5. The number of rotatable bonds is 6. The van der Waals surface area contributed by atoms with Crippen LogP contribution in [0.4, 0.5) is 0 Å². The maximum atomic E-state index is 13.5. The van der Waals surface area contributed by atoms with Crippen molar-refractivity contribution in [1.29, 1.82) is 0 Å². The molecule has 3 aromatic rings. The Labute approximate surface area is 187 Å². The number of sulfonamides is 1. The number of carbonyl (C=O) groups is 1. The highest BCUT2D eigenvalue weighted by molar-refractivity contribution is 7.89. The zero-order valence-electron chi connectivity index (χ0n) is 18.1. The molecule has 1 amide bonds. The number of piperidine rings is 1. The van der Waals surface area contributed by atoms with Crippen LogP contribution in [0.5, 0.6) is 0 Å². The maximum Gasteiger partial charge on any atom is 0.271 e. The third-order valence-electron chi connectivity index (χ3n) is 5.90. The van der Waals surface area contributed by atoms with Crippen molar-refractivity contribution < 1.29 is 13.2 Å². The van der Waals surface area contributed by atoms with Crippen molar-refractivity contribution in [2.24, 2.45) is 7.05 Å².